The number of rotatable bonds is 3. The summed E-state index contributed by atoms with van der Waals surface area (Å²) in [5.41, 5.74) is 1.00. The van der Waals surface area contributed by atoms with Crippen LogP contribution in [-0.4, -0.2) is 7.05 Å². The van der Waals surface area contributed by atoms with E-state index in [0.717, 1.165) is 22.1 Å². The van der Waals surface area contributed by atoms with E-state index < -0.39 is 0 Å². The van der Waals surface area contributed by atoms with Gasteiger partial charge in [-0.25, -0.2) is 0 Å². The average Bonchev–Trinajstić information content (AvgIpc) is 2.77. The van der Waals surface area contributed by atoms with Gasteiger partial charge in [0.15, 0.2) is 0 Å². The predicted molar refractivity (Wildman–Crippen MR) is 66.6 cm³/mol. The van der Waals surface area contributed by atoms with Gasteiger partial charge in [-0.1, -0.05) is 23.7 Å². The van der Waals surface area contributed by atoms with E-state index in [9.17, 15) is 0 Å². The Morgan fingerprint density at radius 1 is 1.25 bits per heavy atom. The molecule has 16 heavy (non-hydrogen) atoms. The maximum atomic E-state index is 5.94. The summed E-state index contributed by atoms with van der Waals surface area (Å²) in [6.45, 7) is 2.06. The molecule has 0 fully saturated rings. The van der Waals surface area contributed by atoms with Crippen LogP contribution in [0.2, 0.25) is 5.02 Å². The van der Waals surface area contributed by atoms with Gasteiger partial charge in [-0.3, -0.25) is 0 Å². The molecule has 0 saturated heterocycles. The van der Waals surface area contributed by atoms with Crippen molar-refractivity contribution >= 4 is 11.6 Å². The van der Waals surface area contributed by atoms with Gasteiger partial charge >= 0.3 is 0 Å². The number of hydrogen-bond acceptors (Lipinski definition) is 2. The molecule has 0 bridgehead atoms. The van der Waals surface area contributed by atoms with Crippen LogP contribution >= 0.6 is 11.6 Å². The first-order valence-corrected chi connectivity index (χ1v) is 5.61. The van der Waals surface area contributed by atoms with Gasteiger partial charge in [0.1, 0.15) is 11.5 Å². The molecule has 1 heterocycles. The van der Waals surface area contributed by atoms with E-state index in [-0.39, 0.29) is 6.04 Å². The number of benzene rings is 1. The maximum absolute atomic E-state index is 5.94. The fourth-order valence-corrected chi connectivity index (χ4v) is 1.71. The summed E-state index contributed by atoms with van der Waals surface area (Å²) in [6, 6.07) is 11.8. The van der Waals surface area contributed by atoms with E-state index >= 15 is 0 Å². The zero-order valence-electron chi connectivity index (χ0n) is 9.33. The molecule has 0 radical (unpaired) electrons. The summed E-state index contributed by atoms with van der Waals surface area (Å²) >= 11 is 5.94. The Morgan fingerprint density at radius 3 is 2.75 bits per heavy atom. The molecule has 84 valence electrons. The Morgan fingerprint density at radius 2 is 2.06 bits per heavy atom. The van der Waals surface area contributed by atoms with Crippen molar-refractivity contribution in [2.24, 2.45) is 0 Å². The molecule has 3 heteroatoms. The summed E-state index contributed by atoms with van der Waals surface area (Å²) in [5.74, 6) is 1.78. The Labute approximate surface area is 100 Å². The van der Waals surface area contributed by atoms with Crippen LogP contribution < -0.4 is 5.32 Å². The van der Waals surface area contributed by atoms with Crippen LogP contribution in [0.3, 0.4) is 0 Å². The van der Waals surface area contributed by atoms with Crippen molar-refractivity contribution < 1.29 is 4.42 Å². The van der Waals surface area contributed by atoms with Gasteiger partial charge in [0.05, 0.1) is 6.04 Å². The molecule has 0 amide bonds. The normalized spacial score (nSPS) is 12.7. The number of nitrogens with one attached hydrogen (secondary N) is 1. The van der Waals surface area contributed by atoms with Gasteiger partial charge in [-0.2, -0.15) is 0 Å². The molecule has 1 N–H and O–H groups in total. The van der Waals surface area contributed by atoms with E-state index in [0.29, 0.717) is 0 Å². The van der Waals surface area contributed by atoms with Crippen LogP contribution in [0.25, 0.3) is 11.3 Å². The fourth-order valence-electron chi connectivity index (χ4n) is 1.52. The second-order valence-corrected chi connectivity index (χ2v) is 4.16. The summed E-state index contributed by atoms with van der Waals surface area (Å²) in [5, 5.41) is 3.86. The SMILES string of the molecule is CNC(C)c1ccc(-c2cccc(Cl)c2)o1. The Bertz CT molecular complexity index is 478. The Balaban J connectivity index is 2.31. The summed E-state index contributed by atoms with van der Waals surface area (Å²) in [4.78, 5) is 0. The van der Waals surface area contributed by atoms with Crippen molar-refractivity contribution in [1.29, 1.82) is 0 Å². The number of halogens is 1. The van der Waals surface area contributed by atoms with Crippen molar-refractivity contribution in [3.63, 3.8) is 0 Å². The summed E-state index contributed by atoms with van der Waals surface area (Å²) in [6.07, 6.45) is 0. The minimum Gasteiger partial charge on any atom is -0.459 e. The average molecular weight is 236 g/mol. The number of hydrogen-bond donors (Lipinski definition) is 1. The van der Waals surface area contributed by atoms with Crippen LogP contribution in [-0.2, 0) is 0 Å². The van der Waals surface area contributed by atoms with E-state index in [4.69, 9.17) is 16.0 Å². The molecule has 2 rings (SSSR count). The summed E-state index contributed by atoms with van der Waals surface area (Å²) < 4.78 is 5.76. The molecule has 2 nitrogen and oxygen atoms in total. The van der Waals surface area contributed by atoms with E-state index in [1.807, 2.05) is 43.4 Å². The molecule has 0 aliphatic rings. The van der Waals surface area contributed by atoms with E-state index in [1.54, 1.807) is 0 Å². The first-order chi connectivity index (χ1) is 7.70. The first kappa shape index (κ1) is 11.2. The molecule has 1 unspecified atom stereocenters. The minimum absolute atomic E-state index is 0.216. The molecule has 0 spiro atoms. The van der Waals surface area contributed by atoms with Crippen molar-refractivity contribution in [1.82, 2.24) is 5.32 Å². The third kappa shape index (κ3) is 2.29. The van der Waals surface area contributed by atoms with Crippen molar-refractivity contribution in [2.45, 2.75) is 13.0 Å². The standard InChI is InChI=1S/C13H14ClNO/c1-9(15-2)12-6-7-13(16-12)10-4-3-5-11(14)8-10/h3-9,15H,1-2H3. The molecule has 1 aromatic carbocycles. The molecule has 0 aliphatic heterocycles. The van der Waals surface area contributed by atoms with Gasteiger partial charge in [0.25, 0.3) is 0 Å². The van der Waals surface area contributed by atoms with Gasteiger partial charge in [0, 0.05) is 10.6 Å². The highest BCUT2D eigenvalue weighted by Crippen LogP contribution is 2.26. The second-order valence-electron chi connectivity index (χ2n) is 3.72. The van der Waals surface area contributed by atoms with E-state index in [1.165, 1.54) is 0 Å². The van der Waals surface area contributed by atoms with Crippen LogP contribution in [0.5, 0.6) is 0 Å². The van der Waals surface area contributed by atoms with Gasteiger partial charge in [0.2, 0.25) is 0 Å². The maximum Gasteiger partial charge on any atom is 0.134 e. The molecule has 1 atom stereocenters. The molecule has 2 aromatic rings. The van der Waals surface area contributed by atoms with Crippen molar-refractivity contribution in [3.05, 3.63) is 47.2 Å². The van der Waals surface area contributed by atoms with Crippen LogP contribution in [0, 0.1) is 0 Å². The third-order valence-corrected chi connectivity index (χ3v) is 2.83. The zero-order chi connectivity index (χ0) is 11.5. The smallest absolute Gasteiger partial charge is 0.134 e. The lowest BCUT2D eigenvalue weighted by Gasteiger charge is -2.05. The highest BCUT2D eigenvalue weighted by molar-refractivity contribution is 6.30. The Kier molecular flexibility index (Phi) is 3.32. The fraction of sp³-hybridized carbons (Fsp3) is 0.231. The lowest BCUT2D eigenvalue weighted by Crippen LogP contribution is -2.10. The van der Waals surface area contributed by atoms with Crippen molar-refractivity contribution in [2.75, 3.05) is 7.05 Å². The molecule has 0 aliphatic carbocycles. The van der Waals surface area contributed by atoms with Gasteiger partial charge < -0.3 is 9.73 Å². The lowest BCUT2D eigenvalue weighted by atomic mass is 10.2. The molecular weight excluding hydrogens is 222 g/mol. The minimum atomic E-state index is 0.216. The van der Waals surface area contributed by atoms with Gasteiger partial charge in [-0.05, 0) is 38.2 Å². The first-order valence-electron chi connectivity index (χ1n) is 5.23. The topological polar surface area (TPSA) is 25.2 Å². The van der Waals surface area contributed by atoms with E-state index in [2.05, 4.69) is 12.2 Å². The van der Waals surface area contributed by atoms with Crippen molar-refractivity contribution in [3.8, 4) is 11.3 Å². The molecular formula is C13H14ClNO. The highest BCUT2D eigenvalue weighted by atomic mass is 35.5. The second kappa shape index (κ2) is 4.73. The highest BCUT2D eigenvalue weighted by Gasteiger charge is 2.09. The predicted octanol–water partition coefficient (Wildman–Crippen LogP) is 3.88. The Hall–Kier alpha value is -1.25. The zero-order valence-corrected chi connectivity index (χ0v) is 10.1. The molecule has 1 aromatic heterocycles. The number of furan rings is 1. The third-order valence-electron chi connectivity index (χ3n) is 2.60. The summed E-state index contributed by atoms with van der Waals surface area (Å²) in [7, 11) is 1.91. The van der Waals surface area contributed by atoms with Gasteiger partial charge in [-0.15, -0.1) is 0 Å². The largest absolute Gasteiger partial charge is 0.459 e. The molecule has 0 saturated carbocycles. The lowest BCUT2D eigenvalue weighted by molar-refractivity contribution is 0.458. The van der Waals surface area contributed by atoms with Crippen LogP contribution in [0.15, 0.2) is 40.8 Å². The quantitative estimate of drug-likeness (QED) is 0.874. The van der Waals surface area contributed by atoms with Crippen LogP contribution in [0.4, 0.5) is 0 Å². The monoisotopic (exact) mass is 235 g/mol. The van der Waals surface area contributed by atoms with Crippen LogP contribution in [0.1, 0.15) is 18.7 Å².